The van der Waals surface area contributed by atoms with E-state index in [2.05, 4.69) is 5.10 Å². The lowest BCUT2D eigenvalue weighted by molar-refractivity contribution is -0.143. The zero-order valence-electron chi connectivity index (χ0n) is 11.6. The number of carboxylic acids is 1. The fraction of sp³-hybridized carbons (Fsp3) is 0.667. The molecule has 7 nitrogen and oxygen atoms in total. The van der Waals surface area contributed by atoms with Gasteiger partial charge in [-0.15, -0.1) is 0 Å². The monoisotopic (exact) mass is 301 g/mol. The maximum absolute atomic E-state index is 12.5. The molecule has 0 spiro atoms. The molecule has 0 aromatic carbocycles. The Morgan fingerprint density at radius 2 is 2.25 bits per heavy atom. The average Bonchev–Trinajstić information content (AvgIpc) is 2.85. The fourth-order valence-corrected chi connectivity index (χ4v) is 4.16. The number of rotatable bonds is 4. The van der Waals surface area contributed by atoms with Crippen molar-refractivity contribution in [3.05, 3.63) is 12.4 Å². The Balaban J connectivity index is 2.32. The number of carboxylic acid groups (broad SMARTS) is 1. The Morgan fingerprint density at radius 3 is 2.75 bits per heavy atom. The molecule has 0 aliphatic carbocycles. The maximum Gasteiger partial charge on any atom is 0.322 e. The lowest BCUT2D eigenvalue weighted by Crippen LogP contribution is -2.49. The molecular weight excluding hydrogens is 282 g/mol. The van der Waals surface area contributed by atoms with E-state index in [1.54, 1.807) is 7.05 Å². The molecule has 0 bridgehead atoms. The molecule has 2 atom stereocenters. The van der Waals surface area contributed by atoms with Crippen molar-refractivity contribution in [1.29, 1.82) is 0 Å². The minimum absolute atomic E-state index is 0.0428. The van der Waals surface area contributed by atoms with E-state index in [1.807, 2.05) is 6.92 Å². The van der Waals surface area contributed by atoms with Gasteiger partial charge in [0, 0.05) is 19.8 Å². The van der Waals surface area contributed by atoms with Crippen LogP contribution in [0.5, 0.6) is 0 Å². The molecular formula is C12H19N3O4S. The number of aryl methyl sites for hydroxylation is 1. The Morgan fingerprint density at radius 1 is 1.55 bits per heavy atom. The second-order valence-corrected chi connectivity index (χ2v) is 7.01. The Kier molecular flexibility index (Phi) is 4.14. The topological polar surface area (TPSA) is 92.5 Å². The normalized spacial score (nSPS) is 24.7. The quantitative estimate of drug-likeness (QED) is 0.883. The highest BCUT2D eigenvalue weighted by Gasteiger charge is 2.40. The number of aliphatic carboxylic acids is 1. The molecule has 112 valence electrons. The van der Waals surface area contributed by atoms with Crippen LogP contribution >= 0.6 is 0 Å². The summed E-state index contributed by atoms with van der Waals surface area (Å²) in [4.78, 5) is 11.4. The lowest BCUT2D eigenvalue weighted by Gasteiger charge is -2.35. The van der Waals surface area contributed by atoms with E-state index in [0.29, 0.717) is 12.8 Å². The molecule has 0 radical (unpaired) electrons. The minimum Gasteiger partial charge on any atom is -0.480 e. The maximum atomic E-state index is 12.5. The van der Waals surface area contributed by atoms with E-state index in [-0.39, 0.29) is 17.4 Å². The van der Waals surface area contributed by atoms with Gasteiger partial charge in [0.05, 0.1) is 6.20 Å². The second kappa shape index (κ2) is 5.53. The zero-order valence-corrected chi connectivity index (χ0v) is 12.4. The van der Waals surface area contributed by atoms with Gasteiger partial charge in [0.1, 0.15) is 10.9 Å². The van der Waals surface area contributed by atoms with Gasteiger partial charge in [0.25, 0.3) is 0 Å². The number of nitrogens with zero attached hydrogens (tertiary/aromatic N) is 3. The number of piperidine rings is 1. The van der Waals surface area contributed by atoms with Gasteiger partial charge in [-0.3, -0.25) is 9.48 Å². The third kappa shape index (κ3) is 2.71. The first kappa shape index (κ1) is 15.0. The Labute approximate surface area is 118 Å². The molecule has 8 heteroatoms. The minimum atomic E-state index is -3.80. The highest BCUT2D eigenvalue weighted by atomic mass is 32.2. The standard InChI is InChI=1S/C12H19N3O4S/c1-3-9-4-5-15(11(6-9)12(16)17)20(18,19)10-7-13-14(2)8-10/h7-9,11H,3-6H2,1-2H3,(H,16,17). The van der Waals surface area contributed by atoms with Crippen molar-refractivity contribution < 1.29 is 18.3 Å². The molecule has 0 amide bonds. The van der Waals surface area contributed by atoms with E-state index < -0.39 is 22.0 Å². The van der Waals surface area contributed by atoms with Gasteiger partial charge in [0.15, 0.2) is 0 Å². The molecule has 1 aliphatic rings. The van der Waals surface area contributed by atoms with Crippen LogP contribution < -0.4 is 0 Å². The summed E-state index contributed by atoms with van der Waals surface area (Å²) in [7, 11) is -2.18. The van der Waals surface area contributed by atoms with E-state index in [4.69, 9.17) is 0 Å². The van der Waals surface area contributed by atoms with Crippen molar-refractivity contribution in [1.82, 2.24) is 14.1 Å². The van der Waals surface area contributed by atoms with Crippen LogP contribution in [0.3, 0.4) is 0 Å². The summed E-state index contributed by atoms with van der Waals surface area (Å²) < 4.78 is 27.5. The van der Waals surface area contributed by atoms with Gasteiger partial charge in [-0.25, -0.2) is 8.42 Å². The zero-order chi connectivity index (χ0) is 14.9. The summed E-state index contributed by atoms with van der Waals surface area (Å²) in [5, 5.41) is 13.2. The van der Waals surface area contributed by atoms with Crippen molar-refractivity contribution in [3.63, 3.8) is 0 Å². The van der Waals surface area contributed by atoms with Gasteiger partial charge in [0.2, 0.25) is 10.0 Å². The van der Waals surface area contributed by atoms with Gasteiger partial charge in [-0.1, -0.05) is 13.3 Å². The largest absolute Gasteiger partial charge is 0.480 e. The predicted molar refractivity (Wildman–Crippen MR) is 71.5 cm³/mol. The van der Waals surface area contributed by atoms with Crippen molar-refractivity contribution in [2.75, 3.05) is 6.54 Å². The lowest BCUT2D eigenvalue weighted by atomic mass is 9.90. The number of carbonyl (C=O) groups is 1. The molecule has 2 heterocycles. The van der Waals surface area contributed by atoms with Crippen LogP contribution in [-0.2, 0) is 21.9 Å². The average molecular weight is 301 g/mol. The smallest absolute Gasteiger partial charge is 0.322 e. The molecule has 20 heavy (non-hydrogen) atoms. The van der Waals surface area contributed by atoms with Crippen molar-refractivity contribution in [2.24, 2.45) is 13.0 Å². The molecule has 1 aromatic heterocycles. The van der Waals surface area contributed by atoms with Crippen LogP contribution in [0.1, 0.15) is 26.2 Å². The molecule has 1 fully saturated rings. The van der Waals surface area contributed by atoms with Gasteiger partial charge >= 0.3 is 5.97 Å². The van der Waals surface area contributed by atoms with Crippen molar-refractivity contribution >= 4 is 16.0 Å². The van der Waals surface area contributed by atoms with Crippen LogP contribution in [0, 0.1) is 5.92 Å². The summed E-state index contributed by atoms with van der Waals surface area (Å²) in [5.74, 6) is -0.827. The Hall–Kier alpha value is -1.41. The number of sulfonamides is 1. The molecule has 1 aliphatic heterocycles. The van der Waals surface area contributed by atoms with Gasteiger partial charge in [-0.2, -0.15) is 9.40 Å². The van der Waals surface area contributed by atoms with Crippen LogP contribution in [0.2, 0.25) is 0 Å². The van der Waals surface area contributed by atoms with Crippen LogP contribution in [0.15, 0.2) is 17.3 Å². The Bertz CT molecular complexity index is 596. The van der Waals surface area contributed by atoms with Crippen molar-refractivity contribution in [2.45, 2.75) is 37.1 Å². The molecule has 2 unspecified atom stereocenters. The molecule has 2 rings (SSSR count). The highest BCUT2D eigenvalue weighted by molar-refractivity contribution is 7.89. The van der Waals surface area contributed by atoms with Crippen molar-refractivity contribution in [3.8, 4) is 0 Å². The summed E-state index contributed by atoms with van der Waals surface area (Å²) in [6, 6.07) is -0.987. The first-order chi connectivity index (χ1) is 9.36. The first-order valence-electron chi connectivity index (χ1n) is 6.59. The number of hydrogen-bond acceptors (Lipinski definition) is 4. The van der Waals surface area contributed by atoms with E-state index in [0.717, 1.165) is 10.7 Å². The summed E-state index contributed by atoms with van der Waals surface area (Å²) in [6.07, 6.45) is 4.57. The predicted octanol–water partition coefficient (Wildman–Crippen LogP) is 0.684. The van der Waals surface area contributed by atoms with Gasteiger partial charge < -0.3 is 5.11 Å². The molecule has 1 N–H and O–H groups in total. The van der Waals surface area contributed by atoms with E-state index in [1.165, 1.54) is 17.1 Å². The number of aromatic nitrogens is 2. The van der Waals surface area contributed by atoms with E-state index in [9.17, 15) is 18.3 Å². The summed E-state index contributed by atoms with van der Waals surface area (Å²) in [6.45, 7) is 2.24. The third-order valence-electron chi connectivity index (χ3n) is 3.81. The molecule has 1 saturated heterocycles. The fourth-order valence-electron chi connectivity index (χ4n) is 2.57. The molecule has 1 aromatic rings. The highest BCUT2D eigenvalue weighted by Crippen LogP contribution is 2.30. The van der Waals surface area contributed by atoms with Crippen LogP contribution in [0.25, 0.3) is 0 Å². The summed E-state index contributed by atoms with van der Waals surface area (Å²) >= 11 is 0. The van der Waals surface area contributed by atoms with E-state index >= 15 is 0 Å². The SMILES string of the molecule is CCC1CCN(S(=O)(=O)c2cnn(C)c2)C(C(=O)O)C1. The molecule has 0 saturated carbocycles. The second-order valence-electron chi connectivity index (χ2n) is 5.12. The van der Waals surface area contributed by atoms with Gasteiger partial charge in [-0.05, 0) is 18.8 Å². The summed E-state index contributed by atoms with van der Waals surface area (Å²) in [5.41, 5.74) is 0. The van der Waals surface area contributed by atoms with Crippen LogP contribution in [-0.4, -0.2) is 46.2 Å². The first-order valence-corrected chi connectivity index (χ1v) is 8.03. The third-order valence-corrected chi connectivity index (χ3v) is 5.67. The van der Waals surface area contributed by atoms with Crippen LogP contribution in [0.4, 0.5) is 0 Å². The number of hydrogen-bond donors (Lipinski definition) is 1.